The number of urea groups is 1. The standard InChI is InChI=1S/C15H29N3O3/c1-18-10-7-13(8-11-18)12-17-15(21)16-9-5-3-2-4-6-14(19)20/h13H,2-12H2,1H3,(H,19,20)(H2,16,17,21). The Morgan fingerprint density at radius 3 is 2.43 bits per heavy atom. The van der Waals surface area contributed by atoms with Crippen LogP contribution >= 0.6 is 0 Å². The summed E-state index contributed by atoms with van der Waals surface area (Å²) in [5.74, 6) is -0.135. The number of nitrogens with zero attached hydrogens (tertiary/aromatic N) is 1. The van der Waals surface area contributed by atoms with Crippen molar-refractivity contribution in [1.82, 2.24) is 15.5 Å². The summed E-state index contributed by atoms with van der Waals surface area (Å²) < 4.78 is 0. The van der Waals surface area contributed by atoms with E-state index in [1.807, 2.05) is 0 Å². The van der Waals surface area contributed by atoms with Gasteiger partial charge in [0.2, 0.25) is 0 Å². The van der Waals surface area contributed by atoms with Crippen molar-refractivity contribution in [3.8, 4) is 0 Å². The van der Waals surface area contributed by atoms with Gasteiger partial charge >= 0.3 is 12.0 Å². The van der Waals surface area contributed by atoms with Gasteiger partial charge in [-0.3, -0.25) is 4.79 Å². The lowest BCUT2D eigenvalue weighted by atomic mass is 9.97. The van der Waals surface area contributed by atoms with Gasteiger partial charge in [0.1, 0.15) is 0 Å². The van der Waals surface area contributed by atoms with Crippen molar-refractivity contribution in [2.75, 3.05) is 33.2 Å². The average Bonchev–Trinajstić information content (AvgIpc) is 2.45. The number of amides is 2. The summed E-state index contributed by atoms with van der Waals surface area (Å²) in [6.07, 6.45) is 6.04. The second-order valence-electron chi connectivity index (χ2n) is 5.94. The zero-order chi connectivity index (χ0) is 15.5. The molecule has 0 unspecified atom stereocenters. The van der Waals surface area contributed by atoms with Gasteiger partial charge in [0.05, 0.1) is 0 Å². The van der Waals surface area contributed by atoms with Crippen LogP contribution in [0.1, 0.15) is 44.9 Å². The summed E-state index contributed by atoms with van der Waals surface area (Å²) in [7, 11) is 2.13. The smallest absolute Gasteiger partial charge is 0.314 e. The largest absolute Gasteiger partial charge is 0.481 e. The molecule has 6 heteroatoms. The van der Waals surface area contributed by atoms with E-state index in [0.29, 0.717) is 12.5 Å². The van der Waals surface area contributed by atoms with Crippen molar-refractivity contribution < 1.29 is 14.7 Å². The Morgan fingerprint density at radius 2 is 1.76 bits per heavy atom. The van der Waals surface area contributed by atoms with E-state index in [-0.39, 0.29) is 12.5 Å². The van der Waals surface area contributed by atoms with Gasteiger partial charge < -0.3 is 20.6 Å². The molecule has 2 amide bonds. The van der Waals surface area contributed by atoms with E-state index in [0.717, 1.165) is 58.2 Å². The summed E-state index contributed by atoms with van der Waals surface area (Å²) in [6.45, 7) is 3.65. The highest BCUT2D eigenvalue weighted by Crippen LogP contribution is 2.14. The SMILES string of the molecule is CN1CCC(CNC(=O)NCCCCCCC(=O)O)CC1. The summed E-state index contributed by atoms with van der Waals surface area (Å²) in [5.41, 5.74) is 0. The predicted octanol–water partition coefficient (Wildman–Crippen LogP) is 1.66. The summed E-state index contributed by atoms with van der Waals surface area (Å²) in [4.78, 5) is 24.3. The first kappa shape index (κ1) is 17.8. The molecule has 6 nitrogen and oxygen atoms in total. The van der Waals surface area contributed by atoms with Gasteiger partial charge in [0, 0.05) is 19.5 Å². The maximum Gasteiger partial charge on any atom is 0.314 e. The highest BCUT2D eigenvalue weighted by atomic mass is 16.4. The predicted molar refractivity (Wildman–Crippen MR) is 82.3 cm³/mol. The van der Waals surface area contributed by atoms with Gasteiger partial charge in [-0.2, -0.15) is 0 Å². The Bertz CT molecular complexity index is 315. The monoisotopic (exact) mass is 299 g/mol. The number of unbranched alkanes of at least 4 members (excludes halogenated alkanes) is 3. The lowest BCUT2D eigenvalue weighted by molar-refractivity contribution is -0.137. The van der Waals surface area contributed by atoms with Crippen LogP contribution in [0.4, 0.5) is 4.79 Å². The Balaban J connectivity index is 1.91. The van der Waals surface area contributed by atoms with Crippen LogP contribution in [-0.2, 0) is 4.79 Å². The van der Waals surface area contributed by atoms with Gasteiger partial charge in [-0.05, 0) is 51.7 Å². The number of carboxylic acids is 1. The number of aliphatic carboxylic acids is 1. The summed E-state index contributed by atoms with van der Waals surface area (Å²) >= 11 is 0. The minimum absolute atomic E-state index is 0.0838. The first-order valence-electron chi connectivity index (χ1n) is 8.00. The van der Waals surface area contributed by atoms with Crippen LogP contribution in [0.5, 0.6) is 0 Å². The minimum atomic E-state index is -0.735. The van der Waals surface area contributed by atoms with Crippen molar-refractivity contribution >= 4 is 12.0 Å². The molecule has 1 fully saturated rings. The van der Waals surface area contributed by atoms with E-state index in [2.05, 4.69) is 22.6 Å². The van der Waals surface area contributed by atoms with Crippen molar-refractivity contribution in [2.24, 2.45) is 5.92 Å². The fourth-order valence-corrected chi connectivity index (χ4v) is 2.52. The fraction of sp³-hybridized carbons (Fsp3) is 0.867. The molecule has 0 aliphatic carbocycles. The highest BCUT2D eigenvalue weighted by molar-refractivity contribution is 5.73. The van der Waals surface area contributed by atoms with Crippen LogP contribution in [0.2, 0.25) is 0 Å². The van der Waals surface area contributed by atoms with E-state index >= 15 is 0 Å². The first-order chi connectivity index (χ1) is 10.1. The number of carboxylic acid groups (broad SMARTS) is 1. The molecule has 0 aromatic rings. The maximum absolute atomic E-state index is 11.6. The quantitative estimate of drug-likeness (QED) is 0.566. The highest BCUT2D eigenvalue weighted by Gasteiger charge is 2.16. The molecule has 1 aliphatic heterocycles. The zero-order valence-corrected chi connectivity index (χ0v) is 13.1. The molecular formula is C15H29N3O3. The number of carbonyl (C=O) groups excluding carboxylic acids is 1. The van der Waals surface area contributed by atoms with E-state index in [1.54, 1.807) is 0 Å². The Kier molecular flexibility index (Phi) is 8.82. The fourth-order valence-electron chi connectivity index (χ4n) is 2.52. The number of nitrogens with one attached hydrogen (secondary N) is 2. The van der Waals surface area contributed by atoms with E-state index < -0.39 is 5.97 Å². The number of carbonyl (C=O) groups is 2. The van der Waals surface area contributed by atoms with E-state index in [9.17, 15) is 9.59 Å². The van der Waals surface area contributed by atoms with Gasteiger partial charge in [0.25, 0.3) is 0 Å². The zero-order valence-electron chi connectivity index (χ0n) is 13.1. The van der Waals surface area contributed by atoms with Gasteiger partial charge in [-0.15, -0.1) is 0 Å². The third-order valence-electron chi connectivity index (χ3n) is 3.99. The lowest BCUT2D eigenvalue weighted by Crippen LogP contribution is -2.41. The molecule has 1 aliphatic rings. The first-order valence-corrected chi connectivity index (χ1v) is 8.00. The molecule has 21 heavy (non-hydrogen) atoms. The second kappa shape index (κ2) is 10.4. The second-order valence-corrected chi connectivity index (χ2v) is 5.94. The molecular weight excluding hydrogens is 270 g/mol. The molecule has 1 rings (SSSR count). The Hall–Kier alpha value is -1.30. The Labute approximate surface area is 127 Å². The molecule has 0 bridgehead atoms. The number of hydrogen-bond donors (Lipinski definition) is 3. The summed E-state index contributed by atoms with van der Waals surface area (Å²) in [5, 5.41) is 14.3. The maximum atomic E-state index is 11.6. The molecule has 0 saturated carbocycles. The molecule has 1 heterocycles. The van der Waals surface area contributed by atoms with Crippen molar-refractivity contribution in [3.63, 3.8) is 0 Å². The molecule has 3 N–H and O–H groups in total. The third kappa shape index (κ3) is 9.28. The molecule has 0 radical (unpaired) electrons. The number of likely N-dealkylation sites (tertiary alicyclic amines) is 1. The third-order valence-corrected chi connectivity index (χ3v) is 3.99. The molecule has 0 atom stereocenters. The van der Waals surface area contributed by atoms with Crippen molar-refractivity contribution in [2.45, 2.75) is 44.9 Å². The molecule has 0 aromatic heterocycles. The number of hydrogen-bond acceptors (Lipinski definition) is 3. The van der Waals surface area contributed by atoms with Crippen LogP contribution in [-0.4, -0.2) is 55.2 Å². The van der Waals surface area contributed by atoms with Gasteiger partial charge in [-0.25, -0.2) is 4.79 Å². The van der Waals surface area contributed by atoms with Crippen LogP contribution in [0, 0.1) is 5.92 Å². The van der Waals surface area contributed by atoms with Crippen LogP contribution < -0.4 is 10.6 Å². The van der Waals surface area contributed by atoms with Crippen LogP contribution in [0.3, 0.4) is 0 Å². The molecule has 1 saturated heterocycles. The van der Waals surface area contributed by atoms with Crippen LogP contribution in [0.25, 0.3) is 0 Å². The topological polar surface area (TPSA) is 81.7 Å². The number of piperidine rings is 1. The number of rotatable bonds is 9. The summed E-state index contributed by atoms with van der Waals surface area (Å²) in [6, 6.07) is -0.0838. The van der Waals surface area contributed by atoms with E-state index in [4.69, 9.17) is 5.11 Å². The lowest BCUT2D eigenvalue weighted by Gasteiger charge is -2.28. The molecule has 0 aromatic carbocycles. The minimum Gasteiger partial charge on any atom is -0.481 e. The van der Waals surface area contributed by atoms with Crippen LogP contribution in [0.15, 0.2) is 0 Å². The van der Waals surface area contributed by atoms with Crippen molar-refractivity contribution in [1.29, 1.82) is 0 Å². The van der Waals surface area contributed by atoms with Gasteiger partial charge in [0.15, 0.2) is 0 Å². The van der Waals surface area contributed by atoms with Crippen molar-refractivity contribution in [3.05, 3.63) is 0 Å². The van der Waals surface area contributed by atoms with Gasteiger partial charge in [-0.1, -0.05) is 12.8 Å². The Morgan fingerprint density at radius 1 is 1.10 bits per heavy atom. The average molecular weight is 299 g/mol. The molecule has 0 spiro atoms. The molecule has 122 valence electrons. The normalized spacial score (nSPS) is 16.6. The van der Waals surface area contributed by atoms with E-state index in [1.165, 1.54) is 0 Å².